The van der Waals surface area contributed by atoms with Crippen molar-refractivity contribution in [2.75, 3.05) is 18.4 Å². The van der Waals surface area contributed by atoms with Crippen molar-refractivity contribution in [3.8, 4) is 0 Å². The molecule has 1 heterocycles. The summed E-state index contributed by atoms with van der Waals surface area (Å²) in [4.78, 5) is 27.0. The number of benzene rings is 3. The Kier molecular flexibility index (Phi) is 7.57. The van der Waals surface area contributed by atoms with Crippen molar-refractivity contribution in [3.63, 3.8) is 0 Å². The summed E-state index contributed by atoms with van der Waals surface area (Å²) in [6.45, 7) is 8.13. The van der Waals surface area contributed by atoms with Crippen molar-refractivity contribution in [1.29, 1.82) is 0 Å². The van der Waals surface area contributed by atoms with Crippen molar-refractivity contribution in [1.82, 2.24) is 9.62 Å². The van der Waals surface area contributed by atoms with Crippen LogP contribution in [-0.4, -0.2) is 50.1 Å². The summed E-state index contributed by atoms with van der Waals surface area (Å²) in [6.07, 6.45) is 0.588. The number of nitrogens with zero attached hydrogens (tertiary/aromatic N) is 1. The topological polar surface area (TPSA) is 105 Å². The summed E-state index contributed by atoms with van der Waals surface area (Å²) in [5, 5.41) is 4.08. The van der Waals surface area contributed by atoms with Gasteiger partial charge in [0.25, 0.3) is 5.91 Å². The summed E-state index contributed by atoms with van der Waals surface area (Å²) in [5.74, 6) is -0.256. The van der Waals surface area contributed by atoms with E-state index < -0.39 is 15.6 Å². The molecule has 0 saturated carbocycles. The fourth-order valence-corrected chi connectivity index (χ4v) is 5.94. The number of ether oxygens (including phenoxy) is 1. The first kappa shape index (κ1) is 26.6. The van der Waals surface area contributed by atoms with E-state index in [4.69, 9.17) is 4.74 Å². The zero-order chi connectivity index (χ0) is 26.8. The maximum Gasteiger partial charge on any atom is 0.410 e. The Hall–Kier alpha value is -3.43. The van der Waals surface area contributed by atoms with Gasteiger partial charge in [0.05, 0.1) is 4.90 Å². The van der Waals surface area contributed by atoms with Crippen LogP contribution in [0.3, 0.4) is 0 Å². The number of hydrogen-bond donors (Lipinski definition) is 2. The Balaban J connectivity index is 1.51. The fourth-order valence-electron chi connectivity index (χ4n) is 4.42. The van der Waals surface area contributed by atoms with Crippen LogP contribution in [0.5, 0.6) is 0 Å². The van der Waals surface area contributed by atoms with E-state index in [1.165, 1.54) is 6.07 Å². The predicted octanol–water partition coefficient (Wildman–Crippen LogP) is 5.08. The van der Waals surface area contributed by atoms with E-state index >= 15 is 0 Å². The van der Waals surface area contributed by atoms with Gasteiger partial charge < -0.3 is 15.0 Å². The Morgan fingerprint density at radius 2 is 1.54 bits per heavy atom. The number of sulfonamides is 1. The molecule has 1 aliphatic rings. The number of piperidine rings is 1. The Morgan fingerprint density at radius 3 is 2.19 bits per heavy atom. The highest BCUT2D eigenvalue weighted by Gasteiger charge is 2.30. The molecule has 8 nitrogen and oxygen atoms in total. The molecule has 0 bridgehead atoms. The molecule has 0 radical (unpaired) electrons. The van der Waals surface area contributed by atoms with Crippen LogP contribution < -0.4 is 10.0 Å². The van der Waals surface area contributed by atoms with Crippen LogP contribution in [0.1, 0.15) is 49.5 Å². The smallest absolute Gasteiger partial charge is 0.410 e. The van der Waals surface area contributed by atoms with Gasteiger partial charge in [0.1, 0.15) is 5.60 Å². The molecule has 1 fully saturated rings. The molecule has 2 N–H and O–H groups in total. The van der Waals surface area contributed by atoms with Gasteiger partial charge in [-0.15, -0.1) is 0 Å². The summed E-state index contributed by atoms with van der Waals surface area (Å²) in [7, 11) is -3.85. The average molecular weight is 524 g/mol. The normalized spacial score (nSPS) is 15.0. The Labute approximate surface area is 218 Å². The lowest BCUT2D eigenvalue weighted by Gasteiger charge is -2.33. The third-order valence-electron chi connectivity index (χ3n) is 6.28. The molecule has 196 valence electrons. The van der Waals surface area contributed by atoms with Crippen LogP contribution in [0.15, 0.2) is 65.6 Å². The van der Waals surface area contributed by atoms with Crippen LogP contribution in [0.4, 0.5) is 10.5 Å². The van der Waals surface area contributed by atoms with Crippen LogP contribution in [0.2, 0.25) is 0 Å². The number of rotatable bonds is 5. The molecule has 3 aromatic rings. The number of carbonyl (C=O) groups excluding carboxylic acids is 2. The Bertz CT molecular complexity index is 1420. The number of likely N-dealkylation sites (tertiary alicyclic amines) is 1. The molecule has 0 aliphatic carbocycles. The van der Waals surface area contributed by atoms with Crippen LogP contribution in [0, 0.1) is 6.92 Å². The molecule has 9 heteroatoms. The van der Waals surface area contributed by atoms with E-state index in [2.05, 4.69) is 10.0 Å². The number of nitrogens with one attached hydrogen (secondary N) is 2. The largest absolute Gasteiger partial charge is 0.444 e. The van der Waals surface area contributed by atoms with Crippen molar-refractivity contribution >= 4 is 38.5 Å². The lowest BCUT2D eigenvalue weighted by molar-refractivity contribution is 0.0203. The van der Waals surface area contributed by atoms with Crippen molar-refractivity contribution in [3.05, 3.63) is 71.8 Å². The SMILES string of the molecule is Cc1ccccc1C(=O)Nc1ccc(S(=O)(=O)NC2CCN(C(=O)OC(C)(C)C)CC2)c2ccccc12. The van der Waals surface area contributed by atoms with Gasteiger partial charge in [-0.05, 0) is 64.3 Å². The minimum atomic E-state index is -3.85. The van der Waals surface area contributed by atoms with E-state index in [-0.39, 0.29) is 22.9 Å². The first-order chi connectivity index (χ1) is 17.4. The van der Waals surface area contributed by atoms with Crippen LogP contribution in [0.25, 0.3) is 10.8 Å². The third-order valence-corrected chi connectivity index (χ3v) is 7.86. The molecule has 0 spiro atoms. The zero-order valence-electron chi connectivity index (χ0n) is 21.6. The molecular formula is C28H33N3O5S. The fraction of sp³-hybridized carbons (Fsp3) is 0.357. The maximum absolute atomic E-state index is 13.4. The summed E-state index contributed by atoms with van der Waals surface area (Å²) >= 11 is 0. The van der Waals surface area contributed by atoms with Crippen molar-refractivity contribution in [2.45, 2.75) is 57.1 Å². The van der Waals surface area contributed by atoms with Gasteiger partial charge >= 0.3 is 6.09 Å². The van der Waals surface area contributed by atoms with Crippen LogP contribution >= 0.6 is 0 Å². The highest BCUT2D eigenvalue weighted by atomic mass is 32.2. The second-order valence-electron chi connectivity index (χ2n) is 10.3. The highest BCUT2D eigenvalue weighted by Crippen LogP contribution is 2.30. The molecule has 3 aromatic carbocycles. The second-order valence-corrected chi connectivity index (χ2v) is 12.0. The molecule has 1 aliphatic heterocycles. The van der Waals surface area contributed by atoms with Gasteiger partial charge in [0, 0.05) is 41.2 Å². The summed E-state index contributed by atoms with van der Waals surface area (Å²) < 4.78 is 35.1. The van der Waals surface area contributed by atoms with E-state index in [1.54, 1.807) is 41.3 Å². The number of aryl methyl sites for hydroxylation is 1. The first-order valence-electron chi connectivity index (χ1n) is 12.3. The molecule has 4 rings (SSSR count). The Morgan fingerprint density at radius 1 is 0.919 bits per heavy atom. The van der Waals surface area contributed by atoms with E-state index in [9.17, 15) is 18.0 Å². The van der Waals surface area contributed by atoms with Gasteiger partial charge in [-0.25, -0.2) is 17.9 Å². The van der Waals surface area contributed by atoms with E-state index in [1.807, 2.05) is 45.9 Å². The van der Waals surface area contributed by atoms with Gasteiger partial charge in [0.15, 0.2) is 0 Å². The molecule has 1 saturated heterocycles. The van der Waals surface area contributed by atoms with Gasteiger partial charge in [-0.1, -0.05) is 42.5 Å². The number of anilines is 1. The van der Waals surface area contributed by atoms with Gasteiger partial charge in [0.2, 0.25) is 10.0 Å². The third kappa shape index (κ3) is 6.29. The number of fused-ring (bicyclic) bond motifs is 1. The minimum Gasteiger partial charge on any atom is -0.444 e. The average Bonchev–Trinajstić information content (AvgIpc) is 2.83. The first-order valence-corrected chi connectivity index (χ1v) is 13.8. The molecule has 0 aromatic heterocycles. The standard InChI is InChI=1S/C28H33N3O5S/c1-19-9-5-6-10-21(19)26(32)29-24-13-14-25(23-12-8-7-11-22(23)24)37(34,35)30-20-15-17-31(18-16-20)27(33)36-28(2,3)4/h5-14,20,30H,15-18H2,1-4H3,(H,29,32). The van der Waals surface area contributed by atoms with Crippen molar-refractivity contribution in [2.24, 2.45) is 0 Å². The summed E-state index contributed by atoms with van der Waals surface area (Å²) in [5.41, 5.74) is 1.36. The van der Waals surface area contributed by atoms with Gasteiger partial charge in [-0.2, -0.15) is 0 Å². The van der Waals surface area contributed by atoms with E-state index in [0.717, 1.165) is 5.56 Å². The quantitative estimate of drug-likeness (QED) is 0.485. The molecule has 0 unspecified atom stereocenters. The molecule has 2 amide bonds. The predicted molar refractivity (Wildman–Crippen MR) is 144 cm³/mol. The summed E-state index contributed by atoms with van der Waals surface area (Å²) in [6, 6.07) is 17.2. The number of hydrogen-bond acceptors (Lipinski definition) is 5. The molecular weight excluding hydrogens is 490 g/mol. The lowest BCUT2D eigenvalue weighted by Crippen LogP contribution is -2.47. The maximum atomic E-state index is 13.4. The molecule has 0 atom stereocenters. The van der Waals surface area contributed by atoms with Crippen LogP contribution in [-0.2, 0) is 14.8 Å². The lowest BCUT2D eigenvalue weighted by atomic mass is 10.1. The van der Waals surface area contributed by atoms with E-state index in [0.29, 0.717) is 48.0 Å². The monoisotopic (exact) mass is 523 g/mol. The molecule has 37 heavy (non-hydrogen) atoms. The van der Waals surface area contributed by atoms with Gasteiger partial charge in [-0.3, -0.25) is 4.79 Å². The number of carbonyl (C=O) groups is 2. The zero-order valence-corrected chi connectivity index (χ0v) is 22.4. The minimum absolute atomic E-state index is 0.145. The van der Waals surface area contributed by atoms with Crippen molar-refractivity contribution < 1.29 is 22.7 Å². The second kappa shape index (κ2) is 10.5. The highest BCUT2D eigenvalue weighted by molar-refractivity contribution is 7.89. The number of amides is 2.